The Bertz CT molecular complexity index is 540. The normalized spacial score (nSPS) is 12.6. The molecule has 0 spiro atoms. The van der Waals surface area contributed by atoms with Gasteiger partial charge in [-0.2, -0.15) is 0 Å². The number of rotatable bonds is 4. The third kappa shape index (κ3) is 3.09. The minimum absolute atomic E-state index is 0.0628. The maximum absolute atomic E-state index is 11.8. The third-order valence-electron chi connectivity index (χ3n) is 2.91. The van der Waals surface area contributed by atoms with E-state index in [0.29, 0.717) is 17.7 Å². The molecule has 0 radical (unpaired) electrons. The summed E-state index contributed by atoms with van der Waals surface area (Å²) in [5, 5.41) is 7.83. The molecule has 3 amide bonds. The lowest BCUT2D eigenvalue weighted by atomic mass is 10.1. The zero-order valence-corrected chi connectivity index (χ0v) is 10.6. The molecule has 6 nitrogen and oxygen atoms in total. The Labute approximate surface area is 110 Å². The lowest BCUT2D eigenvalue weighted by Crippen LogP contribution is -2.29. The molecular formula is C13H15N3O3. The Hall–Kier alpha value is -2.37. The van der Waals surface area contributed by atoms with Gasteiger partial charge in [0.15, 0.2) is 0 Å². The second kappa shape index (κ2) is 5.51. The molecule has 2 rings (SSSR count). The number of fused-ring (bicyclic) bond motifs is 1. The molecule has 0 aromatic heterocycles. The molecule has 3 N–H and O–H groups in total. The minimum atomic E-state index is -0.257. The van der Waals surface area contributed by atoms with Crippen molar-refractivity contribution in [3.8, 4) is 0 Å². The van der Waals surface area contributed by atoms with Gasteiger partial charge in [-0.3, -0.25) is 14.4 Å². The molecule has 0 saturated heterocycles. The Kier molecular flexibility index (Phi) is 3.79. The van der Waals surface area contributed by atoms with Gasteiger partial charge in [0.2, 0.25) is 11.8 Å². The monoisotopic (exact) mass is 261 g/mol. The topological polar surface area (TPSA) is 87.3 Å². The first-order chi connectivity index (χ1) is 9.10. The number of carbonyl (C=O) groups is 3. The lowest BCUT2D eigenvalue weighted by molar-refractivity contribution is -0.120. The molecule has 1 aliphatic rings. The molecule has 19 heavy (non-hydrogen) atoms. The summed E-state index contributed by atoms with van der Waals surface area (Å²) >= 11 is 0. The van der Waals surface area contributed by atoms with Crippen molar-refractivity contribution in [1.29, 1.82) is 0 Å². The van der Waals surface area contributed by atoms with Gasteiger partial charge in [0.05, 0.1) is 6.42 Å². The first-order valence-corrected chi connectivity index (χ1v) is 6.01. The van der Waals surface area contributed by atoms with Crippen molar-refractivity contribution in [2.24, 2.45) is 0 Å². The van der Waals surface area contributed by atoms with Crippen molar-refractivity contribution >= 4 is 23.4 Å². The van der Waals surface area contributed by atoms with Crippen LogP contribution < -0.4 is 16.0 Å². The van der Waals surface area contributed by atoms with Crippen LogP contribution in [-0.4, -0.2) is 31.3 Å². The highest BCUT2D eigenvalue weighted by atomic mass is 16.2. The van der Waals surface area contributed by atoms with Crippen LogP contribution >= 0.6 is 0 Å². The van der Waals surface area contributed by atoms with E-state index in [1.165, 1.54) is 0 Å². The van der Waals surface area contributed by atoms with Crippen molar-refractivity contribution in [2.45, 2.75) is 12.8 Å². The molecule has 0 fully saturated rings. The van der Waals surface area contributed by atoms with Gasteiger partial charge in [-0.25, -0.2) is 0 Å². The molecule has 1 aromatic rings. The van der Waals surface area contributed by atoms with Crippen molar-refractivity contribution in [2.75, 3.05) is 18.9 Å². The van der Waals surface area contributed by atoms with Gasteiger partial charge < -0.3 is 16.0 Å². The number of benzene rings is 1. The smallest absolute Gasteiger partial charge is 0.251 e. The maximum Gasteiger partial charge on any atom is 0.251 e. The van der Waals surface area contributed by atoms with E-state index in [0.717, 1.165) is 5.56 Å². The summed E-state index contributed by atoms with van der Waals surface area (Å²) in [4.78, 5) is 34.1. The lowest BCUT2D eigenvalue weighted by Gasteiger charge is -2.06. The SMILES string of the molecule is CNC(=O)CCNC(=O)c1ccc2c(c1)NC(=O)C2. The van der Waals surface area contributed by atoms with Gasteiger partial charge in [0.25, 0.3) is 5.91 Å². The molecule has 100 valence electrons. The van der Waals surface area contributed by atoms with Crippen LogP contribution in [0, 0.1) is 0 Å². The minimum Gasteiger partial charge on any atom is -0.359 e. The van der Waals surface area contributed by atoms with E-state index in [4.69, 9.17) is 0 Å². The first-order valence-electron chi connectivity index (χ1n) is 6.01. The van der Waals surface area contributed by atoms with Gasteiger partial charge in [-0.1, -0.05) is 6.07 Å². The third-order valence-corrected chi connectivity index (χ3v) is 2.91. The summed E-state index contributed by atoms with van der Waals surface area (Å²) in [6, 6.07) is 5.09. The number of anilines is 1. The molecular weight excluding hydrogens is 246 g/mol. The van der Waals surface area contributed by atoms with Crippen molar-refractivity contribution in [3.63, 3.8) is 0 Å². The second-order valence-electron chi connectivity index (χ2n) is 4.28. The predicted octanol–water partition coefficient (Wildman–Crippen LogP) is 0.0471. The highest BCUT2D eigenvalue weighted by molar-refractivity contribution is 6.02. The zero-order valence-electron chi connectivity index (χ0n) is 10.6. The fraction of sp³-hybridized carbons (Fsp3) is 0.308. The summed E-state index contributed by atoms with van der Waals surface area (Å²) in [6.45, 7) is 0.280. The van der Waals surface area contributed by atoms with Crippen molar-refractivity contribution in [3.05, 3.63) is 29.3 Å². The Morgan fingerprint density at radius 3 is 2.89 bits per heavy atom. The van der Waals surface area contributed by atoms with Gasteiger partial charge in [-0.15, -0.1) is 0 Å². The highest BCUT2D eigenvalue weighted by Crippen LogP contribution is 2.23. The van der Waals surface area contributed by atoms with Crippen molar-refractivity contribution < 1.29 is 14.4 Å². The summed E-state index contributed by atoms with van der Waals surface area (Å²) in [5.41, 5.74) is 2.05. The van der Waals surface area contributed by atoms with E-state index in [-0.39, 0.29) is 30.7 Å². The Morgan fingerprint density at radius 2 is 2.16 bits per heavy atom. The van der Waals surface area contributed by atoms with Gasteiger partial charge in [0, 0.05) is 31.3 Å². The van der Waals surface area contributed by atoms with Crippen molar-refractivity contribution in [1.82, 2.24) is 10.6 Å². The number of carbonyl (C=O) groups excluding carboxylic acids is 3. The van der Waals surface area contributed by atoms with Crippen LogP contribution in [0.4, 0.5) is 5.69 Å². The first kappa shape index (κ1) is 13.1. The number of nitrogens with one attached hydrogen (secondary N) is 3. The van der Waals surface area contributed by atoms with Crippen LogP contribution in [0.5, 0.6) is 0 Å². The van der Waals surface area contributed by atoms with Gasteiger partial charge in [-0.05, 0) is 17.7 Å². The summed E-state index contributed by atoms with van der Waals surface area (Å²) in [7, 11) is 1.55. The summed E-state index contributed by atoms with van der Waals surface area (Å²) in [5.74, 6) is -0.443. The Balaban J connectivity index is 1.95. The molecule has 0 saturated carbocycles. The number of amides is 3. The average Bonchev–Trinajstić information content (AvgIpc) is 2.77. The molecule has 0 aliphatic carbocycles. The quantitative estimate of drug-likeness (QED) is 0.715. The highest BCUT2D eigenvalue weighted by Gasteiger charge is 2.18. The van der Waals surface area contributed by atoms with E-state index in [9.17, 15) is 14.4 Å². The van der Waals surface area contributed by atoms with Crippen LogP contribution in [0.1, 0.15) is 22.3 Å². The number of hydrogen-bond acceptors (Lipinski definition) is 3. The fourth-order valence-corrected chi connectivity index (χ4v) is 1.87. The van der Waals surface area contributed by atoms with E-state index in [2.05, 4.69) is 16.0 Å². The molecule has 0 bridgehead atoms. The predicted molar refractivity (Wildman–Crippen MR) is 69.8 cm³/mol. The van der Waals surface area contributed by atoms with E-state index in [1.54, 1.807) is 25.2 Å². The van der Waals surface area contributed by atoms with Crippen LogP contribution in [-0.2, 0) is 16.0 Å². The van der Waals surface area contributed by atoms with Crippen LogP contribution in [0.3, 0.4) is 0 Å². The van der Waals surface area contributed by atoms with Gasteiger partial charge in [0.1, 0.15) is 0 Å². The van der Waals surface area contributed by atoms with Gasteiger partial charge >= 0.3 is 0 Å². The fourth-order valence-electron chi connectivity index (χ4n) is 1.87. The molecule has 0 atom stereocenters. The van der Waals surface area contributed by atoms with E-state index < -0.39 is 0 Å². The second-order valence-corrected chi connectivity index (χ2v) is 4.28. The largest absolute Gasteiger partial charge is 0.359 e. The Morgan fingerprint density at radius 1 is 1.37 bits per heavy atom. The van der Waals surface area contributed by atoms with Crippen LogP contribution in [0.25, 0.3) is 0 Å². The number of hydrogen-bond donors (Lipinski definition) is 3. The maximum atomic E-state index is 11.8. The molecule has 6 heteroatoms. The average molecular weight is 261 g/mol. The standard InChI is InChI=1S/C13H15N3O3/c1-14-11(17)4-5-15-13(19)9-3-2-8-7-12(18)16-10(8)6-9/h2-3,6H,4-5,7H2,1H3,(H,14,17)(H,15,19)(H,16,18). The molecule has 1 heterocycles. The molecule has 1 aromatic carbocycles. The van der Waals surface area contributed by atoms with E-state index in [1.807, 2.05) is 0 Å². The van der Waals surface area contributed by atoms with Crippen LogP contribution in [0.2, 0.25) is 0 Å². The summed E-state index contributed by atoms with van der Waals surface area (Å²) in [6.07, 6.45) is 0.595. The van der Waals surface area contributed by atoms with E-state index >= 15 is 0 Å². The van der Waals surface area contributed by atoms with Crippen LogP contribution in [0.15, 0.2) is 18.2 Å². The zero-order chi connectivity index (χ0) is 13.8. The molecule has 1 aliphatic heterocycles. The molecule has 0 unspecified atom stereocenters. The summed E-state index contributed by atoms with van der Waals surface area (Å²) < 4.78 is 0.